The molecular formula is C20H20F4N4. The van der Waals surface area contributed by atoms with E-state index < -0.39 is 11.7 Å². The summed E-state index contributed by atoms with van der Waals surface area (Å²) in [6, 6.07) is 8.87. The predicted octanol–water partition coefficient (Wildman–Crippen LogP) is 4.83. The van der Waals surface area contributed by atoms with E-state index in [4.69, 9.17) is 0 Å². The second-order valence-corrected chi connectivity index (χ2v) is 7.26. The van der Waals surface area contributed by atoms with Crippen molar-refractivity contribution in [2.75, 3.05) is 13.1 Å². The molecule has 1 saturated heterocycles. The topological polar surface area (TPSA) is 33.4 Å². The summed E-state index contributed by atoms with van der Waals surface area (Å²) in [4.78, 5) is 2.26. The zero-order valence-electron chi connectivity index (χ0n) is 15.3. The van der Waals surface area contributed by atoms with E-state index in [0.717, 1.165) is 37.2 Å². The van der Waals surface area contributed by atoms with Crippen molar-refractivity contribution in [3.8, 4) is 0 Å². The molecule has 0 amide bonds. The first-order chi connectivity index (χ1) is 13.3. The average molecular weight is 392 g/mol. The number of hydrogen-bond acceptors (Lipinski definition) is 3. The van der Waals surface area contributed by atoms with Gasteiger partial charge in [0.2, 0.25) is 0 Å². The van der Waals surface area contributed by atoms with Crippen LogP contribution in [-0.2, 0) is 6.18 Å². The van der Waals surface area contributed by atoms with Gasteiger partial charge in [0.1, 0.15) is 11.6 Å². The zero-order valence-corrected chi connectivity index (χ0v) is 15.3. The van der Waals surface area contributed by atoms with Crippen molar-refractivity contribution >= 4 is 5.65 Å². The van der Waals surface area contributed by atoms with Gasteiger partial charge in [-0.15, -0.1) is 10.2 Å². The fourth-order valence-corrected chi connectivity index (χ4v) is 3.88. The van der Waals surface area contributed by atoms with E-state index in [9.17, 15) is 17.6 Å². The number of alkyl halides is 3. The minimum Gasteiger partial charge on any atom is -0.296 e. The van der Waals surface area contributed by atoms with Gasteiger partial charge in [-0.2, -0.15) is 13.2 Å². The number of benzene rings is 1. The third kappa shape index (κ3) is 3.61. The standard InChI is InChI=1S/C20H20F4N4/c1-13(14-4-7-17(21)8-5-14)27-10-2-3-15(11-27)19-26-25-18-9-6-16(12-28(18)19)20(22,23)24/h4-9,12-13,15H,2-3,10-11H2,1H3. The molecule has 2 atom stereocenters. The molecule has 2 unspecified atom stereocenters. The van der Waals surface area contributed by atoms with E-state index in [1.165, 1.54) is 22.6 Å². The Bertz CT molecular complexity index is 964. The van der Waals surface area contributed by atoms with Crippen LogP contribution in [0.15, 0.2) is 42.6 Å². The maximum absolute atomic E-state index is 13.2. The Labute approximate surface area is 159 Å². The van der Waals surface area contributed by atoms with E-state index in [-0.39, 0.29) is 17.8 Å². The van der Waals surface area contributed by atoms with Crippen LogP contribution in [0.1, 0.15) is 48.7 Å². The number of pyridine rings is 1. The van der Waals surface area contributed by atoms with Gasteiger partial charge in [-0.25, -0.2) is 4.39 Å². The van der Waals surface area contributed by atoms with E-state index in [1.807, 2.05) is 0 Å². The molecular weight excluding hydrogens is 372 g/mol. The van der Waals surface area contributed by atoms with Crippen LogP contribution in [0.25, 0.3) is 5.65 Å². The van der Waals surface area contributed by atoms with Gasteiger partial charge in [-0.1, -0.05) is 12.1 Å². The lowest BCUT2D eigenvalue weighted by Gasteiger charge is -2.36. The molecule has 4 nitrogen and oxygen atoms in total. The third-order valence-electron chi connectivity index (χ3n) is 5.47. The molecule has 4 rings (SSSR count). The van der Waals surface area contributed by atoms with Gasteiger partial charge in [0, 0.05) is 24.7 Å². The van der Waals surface area contributed by atoms with Crippen LogP contribution in [0, 0.1) is 5.82 Å². The Hall–Kier alpha value is -2.48. The number of halogens is 4. The molecule has 1 aliphatic heterocycles. The molecule has 0 N–H and O–H groups in total. The van der Waals surface area contributed by atoms with Gasteiger partial charge in [0.05, 0.1) is 5.56 Å². The smallest absolute Gasteiger partial charge is 0.296 e. The molecule has 0 bridgehead atoms. The van der Waals surface area contributed by atoms with E-state index in [0.29, 0.717) is 18.0 Å². The molecule has 0 aliphatic carbocycles. The SMILES string of the molecule is CC(c1ccc(F)cc1)N1CCCC(c2nnc3ccc(C(F)(F)F)cn23)C1. The Morgan fingerprint density at radius 2 is 1.82 bits per heavy atom. The Kier molecular flexibility index (Phi) is 4.82. The molecule has 0 spiro atoms. The molecule has 8 heteroatoms. The van der Waals surface area contributed by atoms with Gasteiger partial charge in [-0.3, -0.25) is 9.30 Å². The maximum Gasteiger partial charge on any atom is 0.417 e. The van der Waals surface area contributed by atoms with Gasteiger partial charge in [-0.05, 0) is 56.1 Å². The molecule has 0 radical (unpaired) electrons. The predicted molar refractivity (Wildman–Crippen MR) is 96.4 cm³/mol. The number of nitrogens with zero attached hydrogens (tertiary/aromatic N) is 4. The van der Waals surface area contributed by atoms with Crippen molar-refractivity contribution in [2.45, 2.75) is 37.9 Å². The minimum absolute atomic E-state index is 0.0184. The van der Waals surface area contributed by atoms with E-state index >= 15 is 0 Å². The fraction of sp³-hybridized carbons (Fsp3) is 0.400. The summed E-state index contributed by atoms with van der Waals surface area (Å²) in [5, 5.41) is 8.23. The van der Waals surface area contributed by atoms with Crippen LogP contribution in [0.3, 0.4) is 0 Å². The Balaban J connectivity index is 1.60. The molecule has 3 aromatic rings. The molecule has 1 aromatic carbocycles. The van der Waals surface area contributed by atoms with E-state index in [2.05, 4.69) is 22.0 Å². The van der Waals surface area contributed by atoms with Crippen molar-refractivity contribution < 1.29 is 17.6 Å². The van der Waals surface area contributed by atoms with Crippen molar-refractivity contribution in [1.82, 2.24) is 19.5 Å². The summed E-state index contributed by atoms with van der Waals surface area (Å²) in [6.45, 7) is 3.59. The molecule has 1 fully saturated rings. The van der Waals surface area contributed by atoms with Crippen molar-refractivity contribution in [3.63, 3.8) is 0 Å². The Morgan fingerprint density at radius 1 is 1.07 bits per heavy atom. The van der Waals surface area contributed by atoms with Gasteiger partial charge < -0.3 is 0 Å². The highest BCUT2D eigenvalue weighted by Crippen LogP contribution is 2.33. The van der Waals surface area contributed by atoms with E-state index in [1.54, 1.807) is 12.1 Å². The lowest BCUT2D eigenvalue weighted by Crippen LogP contribution is -2.37. The average Bonchev–Trinajstić information content (AvgIpc) is 3.11. The highest BCUT2D eigenvalue weighted by molar-refractivity contribution is 5.40. The summed E-state index contributed by atoms with van der Waals surface area (Å²) in [5.41, 5.74) is 0.701. The number of piperidine rings is 1. The van der Waals surface area contributed by atoms with Crippen molar-refractivity contribution in [1.29, 1.82) is 0 Å². The van der Waals surface area contributed by atoms with Crippen LogP contribution in [0.5, 0.6) is 0 Å². The van der Waals surface area contributed by atoms with Crippen LogP contribution in [0.4, 0.5) is 17.6 Å². The lowest BCUT2D eigenvalue weighted by atomic mass is 9.94. The third-order valence-corrected chi connectivity index (χ3v) is 5.47. The summed E-state index contributed by atoms with van der Waals surface area (Å²) < 4.78 is 53.9. The molecule has 28 heavy (non-hydrogen) atoms. The monoisotopic (exact) mass is 392 g/mol. The first-order valence-electron chi connectivity index (χ1n) is 9.24. The number of likely N-dealkylation sites (tertiary alicyclic amines) is 1. The van der Waals surface area contributed by atoms with Gasteiger partial charge >= 0.3 is 6.18 Å². The minimum atomic E-state index is -4.41. The zero-order chi connectivity index (χ0) is 19.9. The second kappa shape index (κ2) is 7.16. The van der Waals surface area contributed by atoms with Crippen LogP contribution in [-0.4, -0.2) is 32.6 Å². The molecule has 148 valence electrons. The maximum atomic E-state index is 13.2. The first kappa shape index (κ1) is 18.9. The van der Waals surface area contributed by atoms with Crippen molar-refractivity contribution in [2.24, 2.45) is 0 Å². The number of aromatic nitrogens is 3. The summed E-state index contributed by atoms with van der Waals surface area (Å²) >= 11 is 0. The lowest BCUT2D eigenvalue weighted by molar-refractivity contribution is -0.137. The Morgan fingerprint density at radius 3 is 2.54 bits per heavy atom. The first-order valence-corrected chi connectivity index (χ1v) is 9.24. The summed E-state index contributed by atoms with van der Waals surface area (Å²) in [5.74, 6) is 0.259. The van der Waals surface area contributed by atoms with Gasteiger partial charge in [0.25, 0.3) is 0 Å². The largest absolute Gasteiger partial charge is 0.417 e. The highest BCUT2D eigenvalue weighted by atomic mass is 19.4. The van der Waals surface area contributed by atoms with Crippen LogP contribution < -0.4 is 0 Å². The summed E-state index contributed by atoms with van der Waals surface area (Å²) in [7, 11) is 0. The quantitative estimate of drug-likeness (QED) is 0.599. The molecule has 0 saturated carbocycles. The summed E-state index contributed by atoms with van der Waals surface area (Å²) in [6.07, 6.45) is -1.59. The fourth-order valence-electron chi connectivity index (χ4n) is 3.88. The highest BCUT2D eigenvalue weighted by Gasteiger charge is 2.32. The van der Waals surface area contributed by atoms with Gasteiger partial charge in [0.15, 0.2) is 5.65 Å². The number of rotatable bonds is 3. The molecule has 2 aromatic heterocycles. The normalized spacial score (nSPS) is 19.8. The van der Waals surface area contributed by atoms with Crippen molar-refractivity contribution in [3.05, 3.63) is 65.4 Å². The van der Waals surface area contributed by atoms with Crippen LogP contribution >= 0.6 is 0 Å². The number of fused-ring (bicyclic) bond motifs is 1. The molecule has 1 aliphatic rings. The van der Waals surface area contributed by atoms with Crippen LogP contribution in [0.2, 0.25) is 0 Å². The second-order valence-electron chi connectivity index (χ2n) is 7.26. The number of hydrogen-bond donors (Lipinski definition) is 0. The molecule has 3 heterocycles.